The molecule has 1 N–H and O–H groups in total. The van der Waals surface area contributed by atoms with Crippen LogP contribution in [-0.4, -0.2) is 22.9 Å². The summed E-state index contributed by atoms with van der Waals surface area (Å²) in [4.78, 5) is 30.4. The van der Waals surface area contributed by atoms with E-state index in [1.165, 1.54) is 6.26 Å². The quantitative estimate of drug-likeness (QED) is 0.499. The number of nitrogens with zero attached hydrogens (tertiary/aromatic N) is 1. The second-order valence-corrected chi connectivity index (χ2v) is 7.63. The smallest absolute Gasteiger partial charge is 0.290 e. The highest BCUT2D eigenvalue weighted by molar-refractivity contribution is 5.91. The van der Waals surface area contributed by atoms with E-state index in [2.05, 4.69) is 4.98 Å². The van der Waals surface area contributed by atoms with Crippen molar-refractivity contribution in [2.24, 2.45) is 0 Å². The van der Waals surface area contributed by atoms with Crippen molar-refractivity contribution in [2.75, 3.05) is 7.11 Å². The molecule has 0 saturated heterocycles. The molecule has 1 amide bonds. The Balaban J connectivity index is 1.69. The normalized spacial score (nSPS) is 10.9. The minimum absolute atomic E-state index is 0.157. The molecule has 158 valence electrons. The number of carbonyl (C=O) groups is 1. The molecule has 0 saturated carbocycles. The molecule has 0 aliphatic heterocycles. The second-order valence-electron chi connectivity index (χ2n) is 7.63. The van der Waals surface area contributed by atoms with E-state index in [1.807, 2.05) is 56.3 Å². The third-order valence-corrected chi connectivity index (χ3v) is 5.45. The molecule has 0 fully saturated rings. The van der Waals surface area contributed by atoms with Crippen molar-refractivity contribution >= 4 is 16.8 Å². The number of hydrogen-bond donors (Lipinski definition) is 1. The number of ether oxygens (including phenoxy) is 1. The number of furan rings is 1. The summed E-state index contributed by atoms with van der Waals surface area (Å²) in [6.07, 6.45) is 1.47. The van der Waals surface area contributed by atoms with Gasteiger partial charge >= 0.3 is 0 Å². The predicted molar refractivity (Wildman–Crippen MR) is 119 cm³/mol. The lowest BCUT2D eigenvalue weighted by molar-refractivity contribution is 0.0697. The largest absolute Gasteiger partial charge is 0.497 e. The summed E-state index contributed by atoms with van der Waals surface area (Å²) in [7, 11) is 1.61. The van der Waals surface area contributed by atoms with Gasteiger partial charge in [-0.2, -0.15) is 0 Å². The number of aryl methyl sites for hydroxylation is 2. The Labute approximate surface area is 180 Å². The van der Waals surface area contributed by atoms with E-state index >= 15 is 0 Å². The number of pyridine rings is 1. The van der Waals surface area contributed by atoms with Crippen LogP contribution >= 0.6 is 0 Å². The summed E-state index contributed by atoms with van der Waals surface area (Å²) in [6, 6.07) is 16.7. The van der Waals surface area contributed by atoms with Crippen LogP contribution in [0.2, 0.25) is 0 Å². The number of amides is 1. The van der Waals surface area contributed by atoms with Gasteiger partial charge in [0.05, 0.1) is 19.9 Å². The lowest BCUT2D eigenvalue weighted by Crippen LogP contribution is -2.32. The van der Waals surface area contributed by atoms with Crippen molar-refractivity contribution in [3.63, 3.8) is 0 Å². The van der Waals surface area contributed by atoms with Crippen molar-refractivity contribution < 1.29 is 13.9 Å². The SMILES string of the molecule is COc1ccc(CN(Cc2cc3cc(C)c(C)cc3[nH]c2=O)C(=O)c2ccco2)cc1. The van der Waals surface area contributed by atoms with Gasteiger partial charge in [0.1, 0.15) is 5.75 Å². The van der Waals surface area contributed by atoms with Gasteiger partial charge in [-0.3, -0.25) is 9.59 Å². The number of hydrogen-bond acceptors (Lipinski definition) is 4. The van der Waals surface area contributed by atoms with Gasteiger partial charge in [-0.05, 0) is 78.4 Å². The third kappa shape index (κ3) is 4.38. The molecule has 0 unspecified atom stereocenters. The number of methoxy groups -OCH3 is 1. The first-order valence-corrected chi connectivity index (χ1v) is 10.0. The Morgan fingerprint density at radius 1 is 1.03 bits per heavy atom. The molecule has 2 aromatic carbocycles. The number of aromatic nitrogens is 1. The molecular formula is C25H24N2O4. The molecule has 2 aromatic heterocycles. The maximum Gasteiger partial charge on any atom is 0.290 e. The minimum Gasteiger partial charge on any atom is -0.497 e. The highest BCUT2D eigenvalue weighted by Gasteiger charge is 2.20. The van der Waals surface area contributed by atoms with Crippen molar-refractivity contribution in [1.29, 1.82) is 0 Å². The topological polar surface area (TPSA) is 75.5 Å². The summed E-state index contributed by atoms with van der Waals surface area (Å²) < 4.78 is 10.5. The number of nitrogens with one attached hydrogen (secondary N) is 1. The van der Waals surface area contributed by atoms with E-state index in [1.54, 1.807) is 24.1 Å². The van der Waals surface area contributed by atoms with Crippen molar-refractivity contribution in [3.05, 3.63) is 99.2 Å². The van der Waals surface area contributed by atoms with Crippen molar-refractivity contribution in [1.82, 2.24) is 9.88 Å². The average Bonchev–Trinajstić information content (AvgIpc) is 3.30. The lowest BCUT2D eigenvalue weighted by Gasteiger charge is -2.22. The van der Waals surface area contributed by atoms with Crippen LogP contribution < -0.4 is 10.3 Å². The van der Waals surface area contributed by atoms with Crippen LogP contribution in [0.1, 0.15) is 32.8 Å². The van der Waals surface area contributed by atoms with Crippen LogP contribution in [0.3, 0.4) is 0 Å². The van der Waals surface area contributed by atoms with Crippen LogP contribution in [0.5, 0.6) is 5.75 Å². The van der Waals surface area contributed by atoms with Gasteiger partial charge in [0, 0.05) is 17.6 Å². The van der Waals surface area contributed by atoms with Crippen LogP contribution in [0.25, 0.3) is 10.9 Å². The summed E-state index contributed by atoms with van der Waals surface area (Å²) in [6.45, 7) is 4.53. The molecule has 0 radical (unpaired) electrons. The third-order valence-electron chi connectivity index (χ3n) is 5.45. The maximum absolute atomic E-state index is 13.1. The summed E-state index contributed by atoms with van der Waals surface area (Å²) in [5, 5.41) is 0.938. The van der Waals surface area contributed by atoms with Gasteiger partial charge in [-0.25, -0.2) is 0 Å². The zero-order chi connectivity index (χ0) is 22.0. The molecule has 2 heterocycles. The monoisotopic (exact) mass is 416 g/mol. The fraction of sp³-hybridized carbons (Fsp3) is 0.200. The molecule has 4 rings (SSSR count). The van der Waals surface area contributed by atoms with Crippen LogP contribution in [0.4, 0.5) is 0 Å². The molecule has 6 heteroatoms. The first kappa shape index (κ1) is 20.5. The van der Waals surface area contributed by atoms with E-state index in [0.717, 1.165) is 33.3 Å². The van der Waals surface area contributed by atoms with E-state index in [-0.39, 0.29) is 23.8 Å². The van der Waals surface area contributed by atoms with Gasteiger partial charge in [0.2, 0.25) is 0 Å². The van der Waals surface area contributed by atoms with Crippen LogP contribution in [0, 0.1) is 13.8 Å². The number of rotatable bonds is 6. The summed E-state index contributed by atoms with van der Waals surface area (Å²) in [5.41, 5.74) is 4.28. The first-order valence-electron chi connectivity index (χ1n) is 10.0. The van der Waals surface area contributed by atoms with Gasteiger partial charge in [-0.15, -0.1) is 0 Å². The second kappa shape index (κ2) is 8.52. The van der Waals surface area contributed by atoms with E-state index in [4.69, 9.17) is 9.15 Å². The number of aromatic amines is 1. The molecule has 0 spiro atoms. The average molecular weight is 416 g/mol. The number of benzene rings is 2. The van der Waals surface area contributed by atoms with Crippen LogP contribution in [-0.2, 0) is 13.1 Å². The van der Waals surface area contributed by atoms with E-state index < -0.39 is 0 Å². The highest BCUT2D eigenvalue weighted by Crippen LogP contribution is 2.20. The highest BCUT2D eigenvalue weighted by atomic mass is 16.5. The Morgan fingerprint density at radius 3 is 2.45 bits per heavy atom. The molecule has 0 atom stereocenters. The van der Waals surface area contributed by atoms with Gasteiger partial charge in [-0.1, -0.05) is 12.1 Å². The standard InChI is InChI=1S/C25H24N2O4/c1-16-11-19-13-20(24(28)26-22(19)12-17(16)2)15-27(25(29)23-5-4-10-31-23)14-18-6-8-21(30-3)9-7-18/h4-13H,14-15H2,1-3H3,(H,26,28). The molecular weight excluding hydrogens is 392 g/mol. The molecule has 4 aromatic rings. The van der Waals surface area contributed by atoms with Crippen molar-refractivity contribution in [3.8, 4) is 5.75 Å². The van der Waals surface area contributed by atoms with Gasteiger partial charge < -0.3 is 19.0 Å². The minimum atomic E-state index is -0.277. The molecule has 6 nitrogen and oxygen atoms in total. The Bertz CT molecular complexity index is 1270. The number of carbonyl (C=O) groups excluding carboxylic acids is 1. The zero-order valence-electron chi connectivity index (χ0n) is 17.8. The number of H-pyrrole nitrogens is 1. The Hall–Kier alpha value is -3.80. The van der Waals surface area contributed by atoms with E-state index in [9.17, 15) is 9.59 Å². The first-order chi connectivity index (χ1) is 14.9. The van der Waals surface area contributed by atoms with E-state index in [0.29, 0.717) is 12.1 Å². The lowest BCUT2D eigenvalue weighted by atomic mass is 10.0. The molecule has 0 bridgehead atoms. The molecule has 0 aliphatic carbocycles. The number of fused-ring (bicyclic) bond motifs is 1. The Kier molecular flexibility index (Phi) is 5.62. The predicted octanol–water partition coefficient (Wildman–Crippen LogP) is 4.59. The Morgan fingerprint density at radius 2 is 1.77 bits per heavy atom. The van der Waals surface area contributed by atoms with Crippen LogP contribution in [0.15, 0.2) is 70.1 Å². The maximum atomic E-state index is 13.1. The van der Waals surface area contributed by atoms with Gasteiger partial charge in [0.25, 0.3) is 11.5 Å². The molecule has 0 aliphatic rings. The zero-order valence-corrected chi connectivity index (χ0v) is 17.8. The summed E-state index contributed by atoms with van der Waals surface area (Å²) in [5.74, 6) is 0.696. The molecule has 31 heavy (non-hydrogen) atoms. The fourth-order valence-corrected chi connectivity index (χ4v) is 3.55. The van der Waals surface area contributed by atoms with Gasteiger partial charge in [0.15, 0.2) is 5.76 Å². The van der Waals surface area contributed by atoms with Crippen molar-refractivity contribution in [2.45, 2.75) is 26.9 Å². The summed E-state index contributed by atoms with van der Waals surface area (Å²) >= 11 is 0. The fourth-order valence-electron chi connectivity index (χ4n) is 3.55.